The van der Waals surface area contributed by atoms with Gasteiger partial charge in [-0.15, -0.1) is 0 Å². The first kappa shape index (κ1) is 16.4. The van der Waals surface area contributed by atoms with Crippen molar-refractivity contribution >= 4 is 17.5 Å². The number of hydrogen-bond donors (Lipinski definition) is 1. The van der Waals surface area contributed by atoms with E-state index in [9.17, 15) is 9.59 Å². The molecule has 2 heterocycles. The number of aromatic nitrogens is 1. The Morgan fingerprint density at radius 1 is 1.25 bits per heavy atom. The maximum absolute atomic E-state index is 12.0. The average Bonchev–Trinajstić information content (AvgIpc) is 2.59. The van der Waals surface area contributed by atoms with Crippen molar-refractivity contribution in [2.45, 2.75) is 19.5 Å². The number of fused-ring (bicyclic) bond motifs is 1. The molecule has 0 saturated heterocycles. The smallest absolute Gasteiger partial charge is 0.250 e. The number of rotatable bonds is 5. The zero-order valence-corrected chi connectivity index (χ0v) is 13.7. The van der Waals surface area contributed by atoms with Crippen LogP contribution < -0.4 is 20.3 Å². The van der Waals surface area contributed by atoms with E-state index >= 15 is 0 Å². The molecule has 1 aliphatic heterocycles. The van der Waals surface area contributed by atoms with Crippen LogP contribution in [0.2, 0.25) is 5.02 Å². The third-order valence-corrected chi connectivity index (χ3v) is 3.91. The first-order chi connectivity index (χ1) is 11.6. The molecule has 0 unspecified atom stereocenters. The van der Waals surface area contributed by atoms with Gasteiger partial charge >= 0.3 is 0 Å². The molecule has 126 valence electrons. The molecule has 6 nitrogen and oxygen atoms in total. The predicted molar refractivity (Wildman–Crippen MR) is 89.6 cm³/mol. The second kappa shape index (κ2) is 7.40. The van der Waals surface area contributed by atoms with E-state index < -0.39 is 0 Å². The first-order valence-corrected chi connectivity index (χ1v) is 8.01. The summed E-state index contributed by atoms with van der Waals surface area (Å²) >= 11 is 6.17. The van der Waals surface area contributed by atoms with Gasteiger partial charge in [0.2, 0.25) is 5.91 Å². The van der Waals surface area contributed by atoms with Crippen molar-refractivity contribution in [3.05, 3.63) is 57.5 Å². The molecule has 7 heteroatoms. The molecule has 0 bridgehead atoms. The highest BCUT2D eigenvalue weighted by Crippen LogP contribution is 2.38. The molecule has 1 aliphatic rings. The lowest BCUT2D eigenvalue weighted by Crippen LogP contribution is -2.26. The van der Waals surface area contributed by atoms with Crippen molar-refractivity contribution < 1.29 is 14.3 Å². The molecule has 0 atom stereocenters. The number of amides is 1. The van der Waals surface area contributed by atoms with Gasteiger partial charge in [-0.3, -0.25) is 9.59 Å². The molecule has 0 saturated carbocycles. The molecule has 0 fully saturated rings. The SMILES string of the molecule is O=C(CCn1ccccc1=O)NCc1cc(Cl)c2c(c1)OCCO2. The summed E-state index contributed by atoms with van der Waals surface area (Å²) in [4.78, 5) is 23.5. The van der Waals surface area contributed by atoms with Gasteiger partial charge in [-0.05, 0) is 23.8 Å². The molecule has 0 aliphatic carbocycles. The van der Waals surface area contributed by atoms with Crippen LogP contribution in [0, 0.1) is 0 Å². The summed E-state index contributed by atoms with van der Waals surface area (Å²) in [5, 5.41) is 3.28. The quantitative estimate of drug-likeness (QED) is 0.897. The number of benzene rings is 1. The molecule has 1 N–H and O–H groups in total. The normalized spacial score (nSPS) is 12.7. The van der Waals surface area contributed by atoms with Crippen LogP contribution in [0.3, 0.4) is 0 Å². The third kappa shape index (κ3) is 3.89. The van der Waals surface area contributed by atoms with Crippen LogP contribution in [0.4, 0.5) is 0 Å². The second-order valence-corrected chi connectivity index (χ2v) is 5.77. The number of halogens is 1. The van der Waals surface area contributed by atoms with Crippen molar-refractivity contribution in [3.8, 4) is 11.5 Å². The van der Waals surface area contributed by atoms with Crippen molar-refractivity contribution in [2.24, 2.45) is 0 Å². The molecule has 3 rings (SSSR count). The van der Waals surface area contributed by atoms with E-state index in [1.54, 1.807) is 24.4 Å². The van der Waals surface area contributed by atoms with Gasteiger partial charge in [-0.2, -0.15) is 0 Å². The summed E-state index contributed by atoms with van der Waals surface area (Å²) in [5.74, 6) is 0.993. The van der Waals surface area contributed by atoms with E-state index in [0.29, 0.717) is 42.8 Å². The fourth-order valence-electron chi connectivity index (χ4n) is 2.42. The van der Waals surface area contributed by atoms with E-state index in [-0.39, 0.29) is 17.9 Å². The molecular weight excluding hydrogens is 332 g/mol. The number of ether oxygens (including phenoxy) is 2. The van der Waals surface area contributed by atoms with Crippen molar-refractivity contribution in [2.75, 3.05) is 13.2 Å². The van der Waals surface area contributed by atoms with Crippen LogP contribution in [0.25, 0.3) is 0 Å². The maximum Gasteiger partial charge on any atom is 0.250 e. The van der Waals surface area contributed by atoms with Gasteiger partial charge in [-0.1, -0.05) is 17.7 Å². The van der Waals surface area contributed by atoms with Gasteiger partial charge in [0.05, 0.1) is 5.02 Å². The number of pyridine rings is 1. The van der Waals surface area contributed by atoms with Crippen molar-refractivity contribution in [3.63, 3.8) is 0 Å². The monoisotopic (exact) mass is 348 g/mol. The van der Waals surface area contributed by atoms with Crippen LogP contribution in [-0.4, -0.2) is 23.7 Å². The van der Waals surface area contributed by atoms with Crippen molar-refractivity contribution in [1.29, 1.82) is 0 Å². The van der Waals surface area contributed by atoms with E-state index in [1.165, 1.54) is 10.6 Å². The van der Waals surface area contributed by atoms with Gasteiger partial charge in [0.1, 0.15) is 13.2 Å². The van der Waals surface area contributed by atoms with E-state index in [1.807, 2.05) is 6.07 Å². The van der Waals surface area contributed by atoms with E-state index in [4.69, 9.17) is 21.1 Å². The zero-order valence-electron chi connectivity index (χ0n) is 13.0. The number of nitrogens with zero attached hydrogens (tertiary/aromatic N) is 1. The van der Waals surface area contributed by atoms with Crippen LogP contribution in [0.5, 0.6) is 11.5 Å². The highest BCUT2D eigenvalue weighted by atomic mass is 35.5. The lowest BCUT2D eigenvalue weighted by atomic mass is 10.2. The number of carbonyl (C=O) groups is 1. The fraction of sp³-hybridized carbons (Fsp3) is 0.294. The topological polar surface area (TPSA) is 69.6 Å². The van der Waals surface area contributed by atoms with Crippen LogP contribution in [-0.2, 0) is 17.9 Å². The molecule has 0 spiro atoms. The molecular formula is C17H17ClN2O4. The Bertz CT molecular complexity index is 803. The summed E-state index contributed by atoms with van der Waals surface area (Å²) in [6.07, 6.45) is 1.89. The molecule has 0 radical (unpaired) electrons. The largest absolute Gasteiger partial charge is 0.486 e. The summed E-state index contributed by atoms with van der Waals surface area (Å²) in [6.45, 7) is 1.62. The second-order valence-electron chi connectivity index (χ2n) is 5.36. The van der Waals surface area contributed by atoms with Crippen molar-refractivity contribution in [1.82, 2.24) is 9.88 Å². The Balaban J connectivity index is 1.56. The molecule has 1 aromatic carbocycles. The minimum absolute atomic E-state index is 0.121. The van der Waals surface area contributed by atoms with Gasteiger partial charge in [0, 0.05) is 31.8 Å². The fourth-order valence-corrected chi connectivity index (χ4v) is 2.71. The minimum Gasteiger partial charge on any atom is -0.486 e. The molecule has 1 aromatic heterocycles. The van der Waals surface area contributed by atoms with E-state index in [2.05, 4.69) is 5.32 Å². The standard InChI is InChI=1S/C17H17ClN2O4/c18-13-9-12(10-14-17(13)24-8-7-23-14)11-19-15(21)4-6-20-5-2-1-3-16(20)22/h1-3,5,9-10H,4,6-8,11H2,(H,19,21). The van der Waals surface area contributed by atoms with Gasteiger partial charge in [0.15, 0.2) is 11.5 Å². The summed E-state index contributed by atoms with van der Waals surface area (Å²) in [6, 6.07) is 8.45. The summed E-state index contributed by atoms with van der Waals surface area (Å²) in [5.41, 5.74) is 0.707. The minimum atomic E-state index is -0.142. The number of aryl methyl sites for hydroxylation is 1. The Morgan fingerprint density at radius 2 is 2.08 bits per heavy atom. The van der Waals surface area contributed by atoms with Crippen LogP contribution in [0.1, 0.15) is 12.0 Å². The zero-order chi connectivity index (χ0) is 16.9. The average molecular weight is 349 g/mol. The Labute approximate surface area is 144 Å². The molecule has 24 heavy (non-hydrogen) atoms. The van der Waals surface area contributed by atoms with Gasteiger partial charge < -0.3 is 19.4 Å². The van der Waals surface area contributed by atoms with Crippen LogP contribution in [0.15, 0.2) is 41.3 Å². The van der Waals surface area contributed by atoms with Gasteiger partial charge in [0.25, 0.3) is 5.56 Å². The third-order valence-electron chi connectivity index (χ3n) is 3.63. The molecule has 2 aromatic rings. The number of nitrogens with one attached hydrogen (secondary N) is 1. The number of carbonyl (C=O) groups excluding carboxylic acids is 1. The van der Waals surface area contributed by atoms with E-state index in [0.717, 1.165) is 5.56 Å². The number of hydrogen-bond acceptors (Lipinski definition) is 4. The highest BCUT2D eigenvalue weighted by Gasteiger charge is 2.16. The Morgan fingerprint density at radius 3 is 2.92 bits per heavy atom. The highest BCUT2D eigenvalue weighted by molar-refractivity contribution is 6.32. The summed E-state index contributed by atoms with van der Waals surface area (Å²) in [7, 11) is 0. The maximum atomic E-state index is 12.0. The lowest BCUT2D eigenvalue weighted by Gasteiger charge is -2.20. The van der Waals surface area contributed by atoms with Gasteiger partial charge in [-0.25, -0.2) is 0 Å². The summed E-state index contributed by atoms with van der Waals surface area (Å²) < 4.78 is 12.5. The van der Waals surface area contributed by atoms with Crippen LogP contribution >= 0.6 is 11.6 Å². The Kier molecular flexibility index (Phi) is 5.05. The first-order valence-electron chi connectivity index (χ1n) is 7.63. The Hall–Kier alpha value is -2.47. The lowest BCUT2D eigenvalue weighted by molar-refractivity contribution is -0.121. The predicted octanol–water partition coefficient (Wildman–Crippen LogP) is 1.98. The molecule has 1 amide bonds.